The molecule has 2 aromatic heterocycles. The van der Waals surface area contributed by atoms with Gasteiger partial charge in [-0.15, -0.1) is 0 Å². The molecule has 0 saturated carbocycles. The second kappa shape index (κ2) is 4.49. The zero-order valence-corrected chi connectivity index (χ0v) is 10.3. The van der Waals surface area contributed by atoms with Crippen LogP contribution < -0.4 is 5.73 Å². The molecule has 4 nitrogen and oxygen atoms in total. The summed E-state index contributed by atoms with van der Waals surface area (Å²) in [5.74, 6) is 1.56. The minimum atomic E-state index is 0.335. The molecule has 2 heterocycles. The van der Waals surface area contributed by atoms with E-state index in [0.29, 0.717) is 17.6 Å². The summed E-state index contributed by atoms with van der Waals surface area (Å²) in [7, 11) is 0. The van der Waals surface area contributed by atoms with Crippen molar-refractivity contribution in [2.24, 2.45) is 0 Å². The molecule has 0 unspecified atom stereocenters. The van der Waals surface area contributed by atoms with E-state index in [1.165, 1.54) is 0 Å². The lowest BCUT2D eigenvalue weighted by Gasteiger charge is -2.13. The maximum Gasteiger partial charge on any atom is 0.161 e. The van der Waals surface area contributed by atoms with E-state index in [0.717, 1.165) is 16.8 Å². The lowest BCUT2D eigenvalue weighted by Crippen LogP contribution is -2.06. The maximum atomic E-state index is 5.99. The molecule has 4 heteroatoms. The zero-order valence-electron chi connectivity index (χ0n) is 10.3. The van der Waals surface area contributed by atoms with Crippen molar-refractivity contribution in [2.45, 2.75) is 26.7 Å². The number of nitrogens with two attached hydrogens (primary N) is 1. The summed E-state index contributed by atoms with van der Waals surface area (Å²) in [5, 5.41) is 0. The van der Waals surface area contributed by atoms with Crippen molar-refractivity contribution in [3.05, 3.63) is 35.8 Å². The summed E-state index contributed by atoms with van der Waals surface area (Å²) < 4.78 is 0. The van der Waals surface area contributed by atoms with Crippen molar-refractivity contribution in [2.75, 3.05) is 5.73 Å². The lowest BCUT2D eigenvalue weighted by atomic mass is 10.0. The van der Waals surface area contributed by atoms with Gasteiger partial charge in [0.15, 0.2) is 5.82 Å². The van der Waals surface area contributed by atoms with Gasteiger partial charge < -0.3 is 5.73 Å². The monoisotopic (exact) mass is 228 g/mol. The van der Waals surface area contributed by atoms with Gasteiger partial charge in [-0.05, 0) is 25.0 Å². The van der Waals surface area contributed by atoms with Crippen LogP contribution in [-0.4, -0.2) is 15.0 Å². The molecule has 17 heavy (non-hydrogen) atoms. The molecule has 0 aliphatic carbocycles. The number of nitrogen functional groups attached to an aromatic ring is 1. The van der Waals surface area contributed by atoms with Crippen LogP contribution in [-0.2, 0) is 0 Å². The molecule has 2 N–H and O–H groups in total. The van der Waals surface area contributed by atoms with E-state index < -0.39 is 0 Å². The van der Waals surface area contributed by atoms with Crippen LogP contribution in [0.4, 0.5) is 5.82 Å². The molecule has 0 fully saturated rings. The minimum absolute atomic E-state index is 0.335. The highest BCUT2D eigenvalue weighted by molar-refractivity contribution is 5.58. The smallest absolute Gasteiger partial charge is 0.161 e. The highest BCUT2D eigenvalue weighted by Crippen LogP contribution is 2.25. The Bertz CT molecular complexity index is 497. The molecule has 0 aromatic carbocycles. The van der Waals surface area contributed by atoms with Gasteiger partial charge in [-0.3, -0.25) is 4.98 Å². The fraction of sp³-hybridized carbons (Fsp3) is 0.308. The summed E-state index contributed by atoms with van der Waals surface area (Å²) in [6.45, 7) is 6.15. The number of aromatic nitrogens is 3. The van der Waals surface area contributed by atoms with E-state index in [2.05, 4.69) is 28.8 Å². The minimum Gasteiger partial charge on any atom is -0.383 e. The molecule has 0 saturated heterocycles. The van der Waals surface area contributed by atoms with Crippen LogP contribution in [0, 0.1) is 6.92 Å². The van der Waals surface area contributed by atoms with Crippen LogP contribution >= 0.6 is 0 Å². The van der Waals surface area contributed by atoms with Gasteiger partial charge in [0.1, 0.15) is 5.82 Å². The summed E-state index contributed by atoms with van der Waals surface area (Å²) in [5.41, 5.74) is 8.90. The van der Waals surface area contributed by atoms with Crippen molar-refractivity contribution in [3.63, 3.8) is 0 Å². The summed E-state index contributed by atoms with van der Waals surface area (Å²) in [6.07, 6.45) is 3.45. The average molecular weight is 228 g/mol. The molecule has 2 rings (SSSR count). The molecule has 0 spiro atoms. The van der Waals surface area contributed by atoms with Gasteiger partial charge in [0.2, 0.25) is 0 Å². The number of aryl methyl sites for hydroxylation is 1. The molecule has 2 aromatic rings. The Morgan fingerprint density at radius 2 is 1.76 bits per heavy atom. The zero-order chi connectivity index (χ0) is 12.4. The van der Waals surface area contributed by atoms with Gasteiger partial charge in [-0.2, -0.15) is 0 Å². The van der Waals surface area contributed by atoms with Crippen LogP contribution in [0.3, 0.4) is 0 Å². The van der Waals surface area contributed by atoms with Crippen molar-refractivity contribution < 1.29 is 0 Å². The van der Waals surface area contributed by atoms with Crippen LogP contribution in [0.15, 0.2) is 24.5 Å². The van der Waals surface area contributed by atoms with Crippen molar-refractivity contribution in [1.29, 1.82) is 0 Å². The SMILES string of the molecule is Cc1nc(-c2ccncc2)nc(N)c1C(C)C. The Hall–Kier alpha value is -1.97. The Balaban J connectivity index is 2.53. The first kappa shape index (κ1) is 11.5. The number of rotatable bonds is 2. The molecule has 88 valence electrons. The highest BCUT2D eigenvalue weighted by atomic mass is 15.0. The van der Waals surface area contributed by atoms with Crippen molar-refractivity contribution in [3.8, 4) is 11.4 Å². The van der Waals surface area contributed by atoms with Crippen LogP contribution in [0.2, 0.25) is 0 Å². The molecule has 0 aliphatic rings. The Morgan fingerprint density at radius 3 is 2.29 bits per heavy atom. The number of pyridine rings is 1. The molecule has 0 radical (unpaired) electrons. The van der Waals surface area contributed by atoms with E-state index in [1.807, 2.05) is 19.1 Å². The normalized spacial score (nSPS) is 10.8. The summed E-state index contributed by atoms with van der Waals surface area (Å²) >= 11 is 0. The molecule has 0 atom stereocenters. The van der Waals surface area contributed by atoms with E-state index in [9.17, 15) is 0 Å². The molecule has 0 amide bonds. The van der Waals surface area contributed by atoms with Crippen molar-refractivity contribution >= 4 is 5.82 Å². The van der Waals surface area contributed by atoms with Crippen molar-refractivity contribution in [1.82, 2.24) is 15.0 Å². The van der Waals surface area contributed by atoms with Gasteiger partial charge in [0.25, 0.3) is 0 Å². The number of nitrogens with zero attached hydrogens (tertiary/aromatic N) is 3. The van der Waals surface area contributed by atoms with Crippen LogP contribution in [0.25, 0.3) is 11.4 Å². The van der Waals surface area contributed by atoms with E-state index in [4.69, 9.17) is 5.73 Å². The standard InChI is InChI=1S/C13H16N4/c1-8(2)11-9(3)16-13(17-12(11)14)10-4-6-15-7-5-10/h4-8H,1-3H3,(H2,14,16,17). The third-order valence-corrected chi connectivity index (χ3v) is 2.68. The van der Waals surface area contributed by atoms with Crippen LogP contribution in [0.1, 0.15) is 31.0 Å². The maximum absolute atomic E-state index is 5.99. The summed E-state index contributed by atoms with van der Waals surface area (Å²) in [4.78, 5) is 12.8. The molecular weight excluding hydrogens is 212 g/mol. The summed E-state index contributed by atoms with van der Waals surface area (Å²) in [6, 6.07) is 3.76. The molecule has 0 aliphatic heterocycles. The number of hydrogen-bond donors (Lipinski definition) is 1. The first-order chi connectivity index (χ1) is 8.09. The van der Waals surface area contributed by atoms with Gasteiger partial charge in [-0.25, -0.2) is 9.97 Å². The predicted octanol–water partition coefficient (Wildman–Crippen LogP) is 2.55. The third kappa shape index (κ3) is 2.25. The first-order valence-corrected chi connectivity index (χ1v) is 5.64. The van der Waals surface area contributed by atoms with Gasteiger partial charge in [0, 0.05) is 29.2 Å². The van der Waals surface area contributed by atoms with Gasteiger partial charge in [0.05, 0.1) is 0 Å². The second-order valence-corrected chi connectivity index (χ2v) is 4.32. The van der Waals surface area contributed by atoms with Crippen LogP contribution in [0.5, 0.6) is 0 Å². The predicted molar refractivity (Wildman–Crippen MR) is 68.5 cm³/mol. The lowest BCUT2D eigenvalue weighted by molar-refractivity contribution is 0.836. The fourth-order valence-electron chi connectivity index (χ4n) is 1.95. The van der Waals surface area contributed by atoms with Gasteiger partial charge in [-0.1, -0.05) is 13.8 Å². The quantitative estimate of drug-likeness (QED) is 0.857. The van der Waals surface area contributed by atoms with E-state index in [-0.39, 0.29) is 0 Å². The third-order valence-electron chi connectivity index (χ3n) is 2.68. The topological polar surface area (TPSA) is 64.7 Å². The van der Waals surface area contributed by atoms with Gasteiger partial charge >= 0.3 is 0 Å². The second-order valence-electron chi connectivity index (χ2n) is 4.32. The van der Waals surface area contributed by atoms with E-state index >= 15 is 0 Å². The number of anilines is 1. The largest absolute Gasteiger partial charge is 0.383 e. The Labute approximate surface area is 101 Å². The van der Waals surface area contributed by atoms with E-state index in [1.54, 1.807) is 12.4 Å². The first-order valence-electron chi connectivity index (χ1n) is 5.64. The molecule has 0 bridgehead atoms. The average Bonchev–Trinajstić information content (AvgIpc) is 2.28. The highest BCUT2D eigenvalue weighted by Gasteiger charge is 2.13. The Morgan fingerprint density at radius 1 is 1.12 bits per heavy atom. The number of hydrogen-bond acceptors (Lipinski definition) is 4. The fourth-order valence-corrected chi connectivity index (χ4v) is 1.95. The Kier molecular flexibility index (Phi) is 3.04. The molecular formula is C13H16N4.